The quantitative estimate of drug-likeness (QED) is 0.143. The second kappa shape index (κ2) is 13.4. The van der Waals surface area contributed by atoms with E-state index in [0.717, 1.165) is 44.9 Å². The number of aliphatic hydroxyl groups excluding tert-OH is 8. The van der Waals surface area contributed by atoms with Crippen molar-refractivity contribution in [2.45, 2.75) is 179 Å². The van der Waals surface area contributed by atoms with Crippen molar-refractivity contribution in [2.24, 2.45) is 50.2 Å². The first-order valence-electron chi connectivity index (χ1n) is 20.9. The minimum atomic E-state index is -1.74. The molecule has 0 aromatic heterocycles. The van der Waals surface area contributed by atoms with Gasteiger partial charge in [-0.3, -0.25) is 0 Å². The van der Waals surface area contributed by atoms with Gasteiger partial charge in [-0.2, -0.15) is 0 Å². The normalized spacial score (nSPS) is 57.9. The Kier molecular flexibility index (Phi) is 9.95. The molecule has 55 heavy (non-hydrogen) atoms. The number of fused-ring (bicyclic) bond motifs is 4. The Morgan fingerprint density at radius 2 is 1.33 bits per heavy atom. The fourth-order valence-corrected chi connectivity index (χ4v) is 14.3. The fraction of sp³-hybridized carbons (Fsp3) is 0.952. The van der Waals surface area contributed by atoms with Crippen LogP contribution in [-0.4, -0.2) is 140 Å². The Bertz CT molecular complexity index is 1490. The molecule has 8 rings (SSSR count). The number of rotatable bonds is 6. The van der Waals surface area contributed by atoms with E-state index in [-0.39, 0.29) is 44.8 Å². The predicted molar refractivity (Wildman–Crippen MR) is 197 cm³/mol. The van der Waals surface area contributed by atoms with E-state index in [2.05, 4.69) is 60.6 Å². The maximum Gasteiger partial charge on any atom is 0.187 e. The molecule has 20 atom stereocenters. The summed E-state index contributed by atoms with van der Waals surface area (Å²) < 4.78 is 31.6. The highest BCUT2D eigenvalue weighted by Gasteiger charge is 2.79. The van der Waals surface area contributed by atoms with Crippen molar-refractivity contribution in [1.29, 1.82) is 0 Å². The number of allylic oxidation sites excluding steroid dienone is 1. The van der Waals surface area contributed by atoms with Crippen LogP contribution in [0, 0.1) is 50.2 Å². The van der Waals surface area contributed by atoms with Crippen molar-refractivity contribution >= 4 is 0 Å². The largest absolute Gasteiger partial charge is 0.394 e. The molecule has 0 aromatic rings. The first-order chi connectivity index (χ1) is 25.7. The molecule has 1 spiro atoms. The summed E-state index contributed by atoms with van der Waals surface area (Å²) in [5.41, 5.74) is -1.36. The molecule has 0 aromatic carbocycles. The Hall–Kier alpha value is -0.780. The van der Waals surface area contributed by atoms with E-state index >= 15 is 0 Å². The van der Waals surface area contributed by atoms with Crippen LogP contribution < -0.4 is 0 Å². The number of hydrogen-bond acceptors (Lipinski definition) is 13. The molecular weight excluding hydrogens is 712 g/mol. The van der Waals surface area contributed by atoms with E-state index in [4.69, 9.17) is 23.7 Å². The Balaban J connectivity index is 1.07. The average molecular weight is 781 g/mol. The molecule has 3 heterocycles. The summed E-state index contributed by atoms with van der Waals surface area (Å²) in [4.78, 5) is 0. The van der Waals surface area contributed by atoms with Crippen LogP contribution in [0.15, 0.2) is 12.2 Å². The van der Waals surface area contributed by atoms with E-state index in [0.29, 0.717) is 13.0 Å². The molecule has 5 aliphatic carbocycles. The van der Waals surface area contributed by atoms with Crippen LogP contribution in [-0.2, 0) is 23.7 Å². The summed E-state index contributed by atoms with van der Waals surface area (Å²) in [6, 6.07) is 0. The monoisotopic (exact) mass is 780 g/mol. The van der Waals surface area contributed by atoms with Crippen molar-refractivity contribution in [2.75, 3.05) is 19.8 Å². The third-order valence-corrected chi connectivity index (χ3v) is 17.8. The molecule has 8 aliphatic rings. The molecular formula is C42H68O13. The number of hydrogen-bond donors (Lipinski definition) is 8. The minimum Gasteiger partial charge on any atom is -0.394 e. The van der Waals surface area contributed by atoms with Crippen LogP contribution in [0.25, 0.3) is 0 Å². The van der Waals surface area contributed by atoms with E-state index in [1.807, 2.05) is 0 Å². The molecule has 0 radical (unpaired) electrons. The van der Waals surface area contributed by atoms with Gasteiger partial charge in [0.25, 0.3) is 0 Å². The maximum atomic E-state index is 12.1. The van der Waals surface area contributed by atoms with E-state index in [1.54, 1.807) is 0 Å². The lowest BCUT2D eigenvalue weighted by atomic mass is 9.32. The zero-order valence-corrected chi connectivity index (χ0v) is 33.7. The van der Waals surface area contributed by atoms with Gasteiger partial charge in [0.05, 0.1) is 37.6 Å². The fourth-order valence-electron chi connectivity index (χ4n) is 14.3. The molecule has 4 saturated carbocycles. The molecule has 13 nitrogen and oxygen atoms in total. The van der Waals surface area contributed by atoms with Gasteiger partial charge in [-0.15, -0.1) is 0 Å². The first kappa shape index (κ1) is 41.0. The standard InChI is InChI=1S/C42H68O13/c1-36(2)14-15-41-20-51-42(25(41)16-36)13-9-24-38(5)11-10-27(37(3,4)23(38)8-12-39(24,6)40(42,7)17-26(41)45)54-35-33(31(49)29(47)22(19-44)53-35)55-34-32(50)30(48)28(46)21(18-43)52-34/h9,13,21-35,43-50H,8,10-12,14-20H2,1-7H3/t21-,22-,23-,24-,25+,26+,27+,28-,29+,30+,31+,32-,33-,34+,35+,38+,39-,40+,41-,42+/m1/s1. The highest BCUT2D eigenvalue weighted by Crippen LogP contribution is 2.79. The molecule has 13 heteroatoms. The zero-order chi connectivity index (χ0) is 39.9. The van der Waals surface area contributed by atoms with Gasteiger partial charge in [0.15, 0.2) is 12.6 Å². The topological polar surface area (TPSA) is 208 Å². The van der Waals surface area contributed by atoms with Crippen LogP contribution in [0.2, 0.25) is 0 Å². The van der Waals surface area contributed by atoms with Gasteiger partial charge in [0.1, 0.15) is 48.8 Å². The number of ether oxygens (including phenoxy) is 5. The Morgan fingerprint density at radius 1 is 0.673 bits per heavy atom. The Labute approximate surface area is 325 Å². The minimum absolute atomic E-state index is 0.121. The summed E-state index contributed by atoms with van der Waals surface area (Å²) in [6.07, 6.45) is -3.60. The van der Waals surface area contributed by atoms with Crippen molar-refractivity contribution in [3.63, 3.8) is 0 Å². The molecule has 314 valence electrons. The Morgan fingerprint density at radius 3 is 2.00 bits per heavy atom. The molecule has 7 fully saturated rings. The van der Waals surface area contributed by atoms with Gasteiger partial charge in [-0.1, -0.05) is 60.6 Å². The summed E-state index contributed by atoms with van der Waals surface area (Å²) in [7, 11) is 0. The van der Waals surface area contributed by atoms with Crippen molar-refractivity contribution < 1.29 is 64.5 Å². The summed E-state index contributed by atoms with van der Waals surface area (Å²) in [6.45, 7) is 15.8. The van der Waals surface area contributed by atoms with E-state index in [1.165, 1.54) is 0 Å². The molecule has 0 amide bonds. The highest BCUT2D eigenvalue weighted by atomic mass is 16.8. The SMILES string of the molecule is CC1(C)CC[C@]23CO[C@@]4(C=C[C@@H]5[C@@]6(C)CC[C@H](O[C@@H]7O[C@H](CO)[C@H](O)[C@H](O)[C@H]7O[C@@H]7O[C@H](CO)[C@@H](O)[C@H](O)[C@H]7O)C(C)(C)[C@H]6CC[C@@]5(C)[C@]4(C)C[C@@H]2O)[C@H]3C1. The second-order valence-electron chi connectivity index (χ2n) is 21.1. The van der Waals surface area contributed by atoms with Crippen LogP contribution in [0.3, 0.4) is 0 Å². The molecule has 3 saturated heterocycles. The first-order valence-corrected chi connectivity index (χ1v) is 20.9. The lowest BCUT2D eigenvalue weighted by Gasteiger charge is -2.73. The molecule has 3 aliphatic heterocycles. The zero-order valence-electron chi connectivity index (χ0n) is 33.7. The lowest BCUT2D eigenvalue weighted by molar-refractivity contribution is -0.378. The maximum absolute atomic E-state index is 12.1. The number of aliphatic hydroxyl groups is 8. The lowest BCUT2D eigenvalue weighted by Crippen LogP contribution is -2.72. The van der Waals surface area contributed by atoms with Gasteiger partial charge in [-0.05, 0) is 84.9 Å². The van der Waals surface area contributed by atoms with E-state index in [9.17, 15) is 40.9 Å². The summed E-state index contributed by atoms with van der Waals surface area (Å²) >= 11 is 0. The van der Waals surface area contributed by atoms with Crippen LogP contribution in [0.5, 0.6) is 0 Å². The van der Waals surface area contributed by atoms with Gasteiger partial charge >= 0.3 is 0 Å². The summed E-state index contributed by atoms with van der Waals surface area (Å²) in [5.74, 6) is 0.698. The van der Waals surface area contributed by atoms with Gasteiger partial charge < -0.3 is 64.5 Å². The third kappa shape index (κ3) is 5.51. The molecule has 0 unspecified atom stereocenters. The molecule has 8 N–H and O–H groups in total. The van der Waals surface area contributed by atoms with Gasteiger partial charge in [0, 0.05) is 16.7 Å². The smallest absolute Gasteiger partial charge is 0.187 e. The third-order valence-electron chi connectivity index (χ3n) is 17.8. The predicted octanol–water partition coefficient (Wildman–Crippen LogP) is 1.78. The second-order valence-corrected chi connectivity index (χ2v) is 21.1. The molecule has 2 bridgehead atoms. The van der Waals surface area contributed by atoms with Crippen LogP contribution >= 0.6 is 0 Å². The van der Waals surface area contributed by atoms with Crippen molar-refractivity contribution in [3.8, 4) is 0 Å². The average Bonchev–Trinajstić information content (AvgIpc) is 3.40. The highest BCUT2D eigenvalue weighted by molar-refractivity contribution is 5.36. The summed E-state index contributed by atoms with van der Waals surface area (Å²) in [5, 5.41) is 85.6. The van der Waals surface area contributed by atoms with E-state index < -0.39 is 97.8 Å². The van der Waals surface area contributed by atoms with Crippen LogP contribution in [0.1, 0.15) is 99.8 Å². The van der Waals surface area contributed by atoms with Crippen molar-refractivity contribution in [1.82, 2.24) is 0 Å². The van der Waals surface area contributed by atoms with Gasteiger partial charge in [-0.25, -0.2) is 0 Å². The van der Waals surface area contributed by atoms with Gasteiger partial charge in [0.2, 0.25) is 0 Å². The van der Waals surface area contributed by atoms with Crippen molar-refractivity contribution in [3.05, 3.63) is 12.2 Å². The van der Waals surface area contributed by atoms with Crippen LogP contribution in [0.4, 0.5) is 0 Å².